The molecule has 0 aliphatic heterocycles. The molecule has 0 fully saturated rings. The minimum Gasteiger partial charge on any atom is -0.480 e. The number of amides is 1. The van der Waals surface area contributed by atoms with Crippen molar-refractivity contribution in [1.29, 1.82) is 0 Å². The quantitative estimate of drug-likeness (QED) is 0.381. The van der Waals surface area contributed by atoms with Crippen molar-refractivity contribution in [2.45, 2.75) is 45.1 Å². The lowest BCUT2D eigenvalue weighted by molar-refractivity contribution is -0.142. The maximum atomic E-state index is 11.9. The summed E-state index contributed by atoms with van der Waals surface area (Å²) in [6, 6.07) is -1.01. The van der Waals surface area contributed by atoms with Crippen molar-refractivity contribution >= 4 is 33.6 Å². The van der Waals surface area contributed by atoms with Crippen LogP contribution < -0.4 is 11.1 Å². The Morgan fingerprint density at radius 3 is 2.40 bits per heavy atom. The third-order valence-corrected chi connectivity index (χ3v) is 3.64. The number of rotatable bonds is 11. The van der Waals surface area contributed by atoms with E-state index in [1.165, 1.54) is 0 Å². The van der Waals surface area contributed by atoms with Crippen LogP contribution in [0.5, 0.6) is 0 Å². The summed E-state index contributed by atoms with van der Waals surface area (Å²) in [5, 5.41) is 11.7. The third kappa shape index (κ3) is 8.27. The van der Waals surface area contributed by atoms with E-state index in [9.17, 15) is 14.4 Å². The molecule has 0 aromatic carbocycles. The highest BCUT2D eigenvalue weighted by Gasteiger charge is 2.23. The summed E-state index contributed by atoms with van der Waals surface area (Å²) in [4.78, 5) is 34.1. The first-order chi connectivity index (χ1) is 9.42. The van der Waals surface area contributed by atoms with Crippen LogP contribution in [0.15, 0.2) is 0 Å². The van der Waals surface area contributed by atoms with Gasteiger partial charge in [-0.05, 0) is 25.8 Å². The second kappa shape index (κ2) is 10.8. The number of hydrogen-bond acceptors (Lipinski definition) is 4. The molecule has 0 rings (SSSR count). The van der Waals surface area contributed by atoms with Crippen LogP contribution in [0.4, 0.5) is 0 Å². The van der Waals surface area contributed by atoms with Crippen LogP contribution in [0.1, 0.15) is 39.0 Å². The van der Waals surface area contributed by atoms with Crippen molar-refractivity contribution in [2.24, 2.45) is 11.7 Å². The SMILES string of the molecule is CC(CCCCN)C(=O)NC(CCC(=O)CBr)C(=O)O. The lowest BCUT2D eigenvalue weighted by atomic mass is 10.0. The first kappa shape index (κ1) is 19.1. The Balaban J connectivity index is 4.25. The van der Waals surface area contributed by atoms with Gasteiger partial charge in [-0.3, -0.25) is 9.59 Å². The van der Waals surface area contributed by atoms with Crippen LogP contribution in [0, 0.1) is 5.92 Å². The fourth-order valence-corrected chi connectivity index (χ4v) is 1.95. The molecule has 0 aliphatic carbocycles. The molecule has 2 atom stereocenters. The second-order valence-corrected chi connectivity index (χ2v) is 5.36. The van der Waals surface area contributed by atoms with Crippen molar-refractivity contribution in [2.75, 3.05) is 11.9 Å². The van der Waals surface area contributed by atoms with Gasteiger partial charge in [0.2, 0.25) is 5.91 Å². The molecular weight excluding hydrogens is 328 g/mol. The molecule has 0 heterocycles. The first-order valence-electron chi connectivity index (χ1n) is 6.73. The molecule has 0 aromatic heterocycles. The minimum absolute atomic E-state index is 0.0820. The van der Waals surface area contributed by atoms with Gasteiger partial charge in [0.1, 0.15) is 11.8 Å². The maximum Gasteiger partial charge on any atom is 0.326 e. The average Bonchev–Trinajstić information content (AvgIpc) is 2.42. The predicted molar refractivity (Wildman–Crippen MR) is 79.7 cm³/mol. The number of ketones is 1. The second-order valence-electron chi connectivity index (χ2n) is 4.80. The van der Waals surface area contributed by atoms with E-state index in [0.29, 0.717) is 13.0 Å². The van der Waals surface area contributed by atoms with Gasteiger partial charge in [0.05, 0.1) is 5.33 Å². The Morgan fingerprint density at radius 1 is 1.25 bits per heavy atom. The number of Topliss-reactive ketones (excluding diaryl/α,β-unsaturated/α-hetero) is 1. The van der Waals surface area contributed by atoms with E-state index in [0.717, 1.165) is 12.8 Å². The summed E-state index contributed by atoms with van der Waals surface area (Å²) in [6.45, 7) is 2.34. The molecule has 4 N–H and O–H groups in total. The van der Waals surface area contributed by atoms with E-state index in [2.05, 4.69) is 21.2 Å². The number of carbonyl (C=O) groups is 3. The van der Waals surface area contributed by atoms with Crippen LogP contribution in [0.25, 0.3) is 0 Å². The molecule has 0 radical (unpaired) electrons. The summed E-state index contributed by atoms with van der Waals surface area (Å²) >= 11 is 3.02. The highest BCUT2D eigenvalue weighted by molar-refractivity contribution is 9.09. The third-order valence-electron chi connectivity index (χ3n) is 3.01. The van der Waals surface area contributed by atoms with Gasteiger partial charge in [-0.1, -0.05) is 29.3 Å². The highest BCUT2D eigenvalue weighted by Crippen LogP contribution is 2.09. The van der Waals surface area contributed by atoms with E-state index in [1.54, 1.807) is 6.92 Å². The predicted octanol–water partition coefficient (Wildman–Crippen LogP) is 1.07. The minimum atomic E-state index is -1.12. The Kier molecular flexibility index (Phi) is 10.3. The molecule has 6 nitrogen and oxygen atoms in total. The summed E-state index contributed by atoms with van der Waals surface area (Å²) in [6.07, 6.45) is 2.60. The monoisotopic (exact) mass is 350 g/mol. The Morgan fingerprint density at radius 2 is 1.90 bits per heavy atom. The number of carbonyl (C=O) groups excluding carboxylic acids is 2. The molecule has 7 heteroatoms. The molecule has 116 valence electrons. The zero-order valence-electron chi connectivity index (χ0n) is 11.7. The van der Waals surface area contributed by atoms with Gasteiger partial charge in [0.25, 0.3) is 0 Å². The largest absolute Gasteiger partial charge is 0.480 e. The zero-order chi connectivity index (χ0) is 15.5. The molecule has 0 saturated heterocycles. The fraction of sp³-hybridized carbons (Fsp3) is 0.769. The van der Waals surface area contributed by atoms with Crippen LogP contribution in [-0.4, -0.2) is 40.7 Å². The Bertz CT molecular complexity index is 336. The molecular formula is C13H23BrN2O4. The number of unbranched alkanes of at least 4 members (excludes halogenated alkanes) is 1. The van der Waals surface area contributed by atoms with Crippen LogP contribution in [0.2, 0.25) is 0 Å². The Labute approximate surface area is 127 Å². The number of hydrogen-bond donors (Lipinski definition) is 3. The van der Waals surface area contributed by atoms with Crippen LogP contribution in [0.3, 0.4) is 0 Å². The normalized spacial score (nSPS) is 13.6. The zero-order valence-corrected chi connectivity index (χ0v) is 13.3. The first-order valence-corrected chi connectivity index (χ1v) is 7.85. The smallest absolute Gasteiger partial charge is 0.326 e. The lowest BCUT2D eigenvalue weighted by Crippen LogP contribution is -2.43. The van der Waals surface area contributed by atoms with Crippen molar-refractivity contribution in [3.8, 4) is 0 Å². The summed E-state index contributed by atoms with van der Waals surface area (Å²) < 4.78 is 0. The standard InChI is InChI=1S/C13H23BrN2O4/c1-9(4-2-3-7-15)12(18)16-11(13(19)20)6-5-10(17)8-14/h9,11H,2-8,15H2,1H3,(H,16,18)(H,19,20). The van der Waals surface area contributed by atoms with Crippen molar-refractivity contribution in [3.63, 3.8) is 0 Å². The van der Waals surface area contributed by atoms with Gasteiger partial charge in [0.15, 0.2) is 0 Å². The van der Waals surface area contributed by atoms with E-state index >= 15 is 0 Å². The molecule has 0 spiro atoms. The van der Waals surface area contributed by atoms with Crippen LogP contribution in [-0.2, 0) is 14.4 Å². The maximum absolute atomic E-state index is 11.9. The molecule has 0 bridgehead atoms. The van der Waals surface area contributed by atoms with E-state index in [4.69, 9.17) is 10.8 Å². The Hall–Kier alpha value is -0.950. The van der Waals surface area contributed by atoms with Gasteiger partial charge in [-0.25, -0.2) is 4.79 Å². The van der Waals surface area contributed by atoms with Gasteiger partial charge in [0, 0.05) is 12.3 Å². The van der Waals surface area contributed by atoms with E-state index in [-0.39, 0.29) is 35.8 Å². The number of nitrogens with two attached hydrogens (primary N) is 1. The van der Waals surface area contributed by atoms with E-state index in [1.807, 2.05) is 0 Å². The average molecular weight is 351 g/mol. The van der Waals surface area contributed by atoms with Crippen molar-refractivity contribution < 1.29 is 19.5 Å². The van der Waals surface area contributed by atoms with Gasteiger partial charge in [-0.15, -0.1) is 0 Å². The number of nitrogens with one attached hydrogen (secondary N) is 1. The van der Waals surface area contributed by atoms with Gasteiger partial charge in [-0.2, -0.15) is 0 Å². The van der Waals surface area contributed by atoms with Crippen molar-refractivity contribution in [3.05, 3.63) is 0 Å². The lowest BCUT2D eigenvalue weighted by Gasteiger charge is -2.17. The number of alkyl halides is 1. The van der Waals surface area contributed by atoms with Gasteiger partial charge >= 0.3 is 5.97 Å². The van der Waals surface area contributed by atoms with E-state index < -0.39 is 12.0 Å². The molecule has 0 aliphatic rings. The summed E-state index contributed by atoms with van der Waals surface area (Å²) in [5.74, 6) is -1.74. The molecule has 1 amide bonds. The topological polar surface area (TPSA) is 109 Å². The molecule has 2 unspecified atom stereocenters. The highest BCUT2D eigenvalue weighted by atomic mass is 79.9. The number of carboxylic acid groups (broad SMARTS) is 1. The molecule has 20 heavy (non-hydrogen) atoms. The summed E-state index contributed by atoms with van der Waals surface area (Å²) in [5.41, 5.74) is 5.38. The number of aliphatic carboxylic acids is 1. The fourth-order valence-electron chi connectivity index (χ4n) is 1.67. The van der Waals surface area contributed by atoms with Crippen molar-refractivity contribution in [1.82, 2.24) is 5.32 Å². The number of carboxylic acids is 1. The number of halogens is 1. The van der Waals surface area contributed by atoms with Gasteiger partial charge < -0.3 is 16.2 Å². The molecule has 0 saturated carbocycles. The summed E-state index contributed by atoms with van der Waals surface area (Å²) in [7, 11) is 0. The van der Waals surface area contributed by atoms with Crippen LogP contribution >= 0.6 is 15.9 Å². The molecule has 0 aromatic rings.